The van der Waals surface area contributed by atoms with Gasteiger partial charge < -0.3 is 0 Å². The Balaban J connectivity index is 0.956. The molecule has 1 aliphatic carbocycles. The predicted molar refractivity (Wildman–Crippen MR) is 269 cm³/mol. The third-order valence-corrected chi connectivity index (χ3v) is 13.2. The summed E-state index contributed by atoms with van der Waals surface area (Å²) in [7, 11) is 0. The van der Waals surface area contributed by atoms with Crippen molar-refractivity contribution in [2.45, 2.75) is 5.41 Å². The summed E-state index contributed by atoms with van der Waals surface area (Å²) in [6.45, 7) is 0. The molecular weight excluding hydrogens is 785 g/mol. The van der Waals surface area contributed by atoms with Crippen LogP contribution in [0.2, 0.25) is 0 Å². The summed E-state index contributed by atoms with van der Waals surface area (Å²) in [5.41, 5.74) is 19.3. The van der Waals surface area contributed by atoms with E-state index in [-0.39, 0.29) is 0 Å². The Bertz CT molecular complexity index is 3470. The molecule has 2 nitrogen and oxygen atoms in total. The number of nitrogens with zero attached hydrogens (tertiary/aromatic N) is 2. The van der Waals surface area contributed by atoms with Crippen molar-refractivity contribution in [3.8, 4) is 78.4 Å². The molecule has 65 heavy (non-hydrogen) atoms. The van der Waals surface area contributed by atoms with Gasteiger partial charge in [-0.2, -0.15) is 0 Å². The van der Waals surface area contributed by atoms with Gasteiger partial charge in [0.1, 0.15) is 0 Å². The monoisotopic (exact) mass is 826 g/mol. The Kier molecular flexibility index (Phi) is 9.43. The maximum Gasteiger partial charge on any atom is 0.160 e. The highest BCUT2D eigenvalue weighted by atomic mass is 14.9. The molecule has 0 amide bonds. The first-order chi connectivity index (χ1) is 32.2. The minimum Gasteiger partial charge on any atom is -0.228 e. The summed E-state index contributed by atoms with van der Waals surface area (Å²) in [5, 5.41) is 2.32. The highest BCUT2D eigenvalue weighted by Gasteiger charge is 2.46. The summed E-state index contributed by atoms with van der Waals surface area (Å²) in [6, 6.07) is 91.9. The van der Waals surface area contributed by atoms with E-state index < -0.39 is 5.41 Å². The van der Waals surface area contributed by atoms with Crippen molar-refractivity contribution in [3.05, 3.63) is 277 Å². The van der Waals surface area contributed by atoms with Crippen molar-refractivity contribution < 1.29 is 0 Å². The normalized spacial score (nSPS) is 12.4. The molecule has 2 heteroatoms. The molecule has 11 aromatic rings. The lowest BCUT2D eigenvalue weighted by molar-refractivity contribution is 0.768. The third kappa shape index (κ3) is 6.58. The third-order valence-electron chi connectivity index (χ3n) is 13.2. The average molecular weight is 827 g/mol. The molecule has 0 saturated carbocycles. The molecule has 0 bridgehead atoms. The molecule has 0 aliphatic heterocycles. The fourth-order valence-corrected chi connectivity index (χ4v) is 10.2. The van der Waals surface area contributed by atoms with E-state index in [1.165, 1.54) is 72.1 Å². The van der Waals surface area contributed by atoms with E-state index in [2.05, 4.69) is 237 Å². The van der Waals surface area contributed by atoms with Crippen LogP contribution < -0.4 is 0 Å². The number of hydrogen-bond donors (Lipinski definition) is 0. The quantitative estimate of drug-likeness (QED) is 0.152. The van der Waals surface area contributed by atoms with Crippen molar-refractivity contribution in [2.24, 2.45) is 0 Å². The van der Waals surface area contributed by atoms with Crippen LogP contribution in [0.25, 0.3) is 89.2 Å². The molecule has 0 N–H and O–H groups in total. The molecule has 0 atom stereocenters. The zero-order valence-electron chi connectivity index (χ0n) is 35.6. The lowest BCUT2D eigenvalue weighted by Crippen LogP contribution is -2.28. The van der Waals surface area contributed by atoms with Crippen LogP contribution in [0.4, 0.5) is 0 Å². The molecule has 1 heterocycles. The summed E-state index contributed by atoms with van der Waals surface area (Å²) in [5.74, 6) is 0.702. The minimum atomic E-state index is -0.422. The van der Waals surface area contributed by atoms with Gasteiger partial charge in [-0.05, 0) is 95.7 Å². The maximum absolute atomic E-state index is 5.25. The van der Waals surface area contributed by atoms with Crippen LogP contribution in [-0.2, 0) is 5.41 Å². The number of aromatic nitrogens is 2. The lowest BCUT2D eigenvalue weighted by Gasteiger charge is -2.33. The zero-order chi connectivity index (χ0) is 43.2. The van der Waals surface area contributed by atoms with Gasteiger partial charge in [-0.25, -0.2) is 9.97 Å². The second kappa shape index (κ2) is 16.0. The van der Waals surface area contributed by atoms with Crippen LogP contribution in [0.15, 0.2) is 255 Å². The molecule has 10 aromatic carbocycles. The first kappa shape index (κ1) is 38.2. The number of benzene rings is 10. The summed E-state index contributed by atoms with van der Waals surface area (Å²) in [6.07, 6.45) is 0. The fraction of sp³-hybridized carbons (Fsp3) is 0.0159. The van der Waals surface area contributed by atoms with Gasteiger partial charge >= 0.3 is 0 Å². The van der Waals surface area contributed by atoms with E-state index in [4.69, 9.17) is 9.97 Å². The van der Waals surface area contributed by atoms with Crippen molar-refractivity contribution >= 4 is 10.8 Å². The van der Waals surface area contributed by atoms with Crippen molar-refractivity contribution in [1.82, 2.24) is 9.97 Å². The molecule has 0 radical (unpaired) electrons. The zero-order valence-corrected chi connectivity index (χ0v) is 35.6. The van der Waals surface area contributed by atoms with Crippen molar-refractivity contribution in [2.75, 3.05) is 0 Å². The average Bonchev–Trinajstić information content (AvgIpc) is 3.70. The number of rotatable bonds is 8. The topological polar surface area (TPSA) is 25.8 Å². The molecular formula is C63H42N2. The van der Waals surface area contributed by atoms with Crippen LogP contribution in [-0.4, -0.2) is 9.97 Å². The molecule has 0 fully saturated rings. The van der Waals surface area contributed by atoms with Gasteiger partial charge in [0.15, 0.2) is 5.82 Å². The Morgan fingerprint density at radius 2 is 0.723 bits per heavy atom. The molecule has 1 aliphatic rings. The Labute approximate surface area is 379 Å². The van der Waals surface area contributed by atoms with Gasteiger partial charge in [-0.1, -0.05) is 237 Å². The smallest absolute Gasteiger partial charge is 0.160 e. The largest absolute Gasteiger partial charge is 0.228 e. The fourth-order valence-electron chi connectivity index (χ4n) is 10.2. The first-order valence-electron chi connectivity index (χ1n) is 22.3. The van der Waals surface area contributed by atoms with Gasteiger partial charge in [-0.3, -0.25) is 0 Å². The van der Waals surface area contributed by atoms with E-state index in [1.54, 1.807) is 0 Å². The molecule has 0 saturated heterocycles. The molecule has 1 aromatic heterocycles. The summed E-state index contributed by atoms with van der Waals surface area (Å²) >= 11 is 0. The molecule has 0 unspecified atom stereocenters. The maximum atomic E-state index is 5.25. The van der Waals surface area contributed by atoms with Gasteiger partial charge in [0, 0.05) is 16.7 Å². The first-order valence-corrected chi connectivity index (χ1v) is 22.3. The van der Waals surface area contributed by atoms with E-state index in [0.29, 0.717) is 5.82 Å². The second-order valence-corrected chi connectivity index (χ2v) is 16.8. The lowest BCUT2D eigenvalue weighted by atomic mass is 9.67. The van der Waals surface area contributed by atoms with Gasteiger partial charge in [0.2, 0.25) is 0 Å². The number of hydrogen-bond acceptors (Lipinski definition) is 2. The molecule has 12 rings (SSSR count). The van der Waals surface area contributed by atoms with Gasteiger partial charge in [0.05, 0.1) is 16.8 Å². The molecule has 304 valence electrons. The van der Waals surface area contributed by atoms with E-state index in [1.807, 2.05) is 18.2 Å². The highest BCUT2D eigenvalue weighted by Crippen LogP contribution is 2.56. The van der Waals surface area contributed by atoms with Crippen LogP contribution in [0.5, 0.6) is 0 Å². The minimum absolute atomic E-state index is 0.422. The van der Waals surface area contributed by atoms with E-state index in [0.717, 1.165) is 33.5 Å². The van der Waals surface area contributed by atoms with Gasteiger partial charge in [-0.15, -0.1) is 0 Å². The Morgan fingerprint density at radius 1 is 0.246 bits per heavy atom. The van der Waals surface area contributed by atoms with Crippen LogP contribution in [0.1, 0.15) is 22.3 Å². The highest BCUT2D eigenvalue weighted by molar-refractivity contribution is 6.05. The SMILES string of the molecule is c1ccc(-c2ccc(-c3cc(-c4ccc(-c5cccc(-c6ccc7c(c6)-c6ccccc6C7(c6ccccc6)c6ccccc6)c5)c5ccccc45)nc(-c4ccccc4)n3)cc2)cc1. The van der Waals surface area contributed by atoms with Crippen molar-refractivity contribution in [3.63, 3.8) is 0 Å². The second-order valence-electron chi connectivity index (χ2n) is 16.8. The Morgan fingerprint density at radius 3 is 1.43 bits per heavy atom. The van der Waals surface area contributed by atoms with Crippen molar-refractivity contribution in [1.29, 1.82) is 0 Å². The molecule has 0 spiro atoms. The number of fused-ring (bicyclic) bond motifs is 4. The van der Waals surface area contributed by atoms with Gasteiger partial charge in [0.25, 0.3) is 0 Å². The van der Waals surface area contributed by atoms with Crippen LogP contribution >= 0.6 is 0 Å². The summed E-state index contributed by atoms with van der Waals surface area (Å²) in [4.78, 5) is 10.4. The van der Waals surface area contributed by atoms with E-state index in [9.17, 15) is 0 Å². The van der Waals surface area contributed by atoms with Crippen LogP contribution in [0.3, 0.4) is 0 Å². The summed E-state index contributed by atoms with van der Waals surface area (Å²) < 4.78 is 0. The predicted octanol–water partition coefficient (Wildman–Crippen LogP) is 16.0. The standard InChI is InChI=1S/C63H42N2/c1-5-18-43(19-6-1)44-32-34-45(35-33-44)60-42-61(65-62(64-60)46-20-7-2-8-21-46)56-38-37-52(53-28-13-14-29-54(53)56)49-23-17-22-47(40-49)48-36-39-59-57(41-48)55-30-15-16-31-58(55)63(59,50-24-9-3-10-25-50)51-26-11-4-12-27-51/h1-42H. The van der Waals surface area contributed by atoms with E-state index >= 15 is 0 Å². The Hall–Kier alpha value is -8.46. The van der Waals surface area contributed by atoms with Crippen LogP contribution in [0, 0.1) is 0 Å².